The highest BCUT2D eigenvalue weighted by Crippen LogP contribution is 2.36. The first-order chi connectivity index (χ1) is 10.1. The van der Waals surface area contributed by atoms with Crippen LogP contribution in [-0.2, 0) is 11.3 Å². The first-order valence-electron chi connectivity index (χ1n) is 7.49. The molecule has 0 aromatic heterocycles. The van der Waals surface area contributed by atoms with E-state index in [0.717, 1.165) is 31.5 Å². The first kappa shape index (κ1) is 14.7. The summed E-state index contributed by atoms with van der Waals surface area (Å²) in [6, 6.07) is 7.65. The number of hydrogen-bond acceptors (Lipinski definition) is 3. The van der Waals surface area contributed by atoms with E-state index in [-0.39, 0.29) is 11.6 Å². The predicted octanol–water partition coefficient (Wildman–Crippen LogP) is 3.05. The molecule has 0 spiro atoms. The zero-order valence-electron chi connectivity index (χ0n) is 12.3. The fourth-order valence-corrected chi connectivity index (χ4v) is 3.44. The molecule has 1 aromatic rings. The fraction of sp³-hybridized carbons (Fsp3) is 0.562. The molecule has 2 atom stereocenters. The number of carbonyl (C=O) groups is 1. The van der Waals surface area contributed by atoms with Crippen molar-refractivity contribution in [3.8, 4) is 0 Å². The van der Waals surface area contributed by atoms with E-state index in [1.54, 1.807) is 0 Å². The van der Waals surface area contributed by atoms with Gasteiger partial charge in [-0.2, -0.15) is 0 Å². The van der Waals surface area contributed by atoms with Gasteiger partial charge in [0.05, 0.1) is 5.54 Å². The SMILES string of the molecule is CC1(C2CCCNC2)COC(=O)N1Cc1ccc(Cl)cc1. The van der Waals surface area contributed by atoms with Gasteiger partial charge in [-0.25, -0.2) is 4.79 Å². The number of carbonyl (C=O) groups excluding carboxylic acids is 1. The molecule has 1 N–H and O–H groups in total. The largest absolute Gasteiger partial charge is 0.447 e. The first-order valence-corrected chi connectivity index (χ1v) is 7.87. The Labute approximate surface area is 130 Å². The van der Waals surface area contributed by atoms with Crippen molar-refractivity contribution in [2.45, 2.75) is 31.8 Å². The van der Waals surface area contributed by atoms with Gasteiger partial charge >= 0.3 is 6.09 Å². The molecule has 0 bridgehead atoms. The molecular formula is C16H21ClN2O2. The molecule has 0 radical (unpaired) electrons. The second kappa shape index (κ2) is 5.85. The molecule has 1 amide bonds. The smallest absolute Gasteiger partial charge is 0.410 e. The van der Waals surface area contributed by atoms with E-state index in [0.29, 0.717) is 24.1 Å². The lowest BCUT2D eigenvalue weighted by Crippen LogP contribution is -2.54. The van der Waals surface area contributed by atoms with Crippen LogP contribution in [0.3, 0.4) is 0 Å². The third kappa shape index (κ3) is 2.87. The van der Waals surface area contributed by atoms with Crippen molar-refractivity contribution in [1.29, 1.82) is 0 Å². The normalized spacial score (nSPS) is 29.5. The van der Waals surface area contributed by atoms with Gasteiger partial charge in [-0.3, -0.25) is 4.90 Å². The molecule has 2 aliphatic heterocycles. The zero-order valence-corrected chi connectivity index (χ0v) is 13.0. The highest BCUT2D eigenvalue weighted by atomic mass is 35.5. The minimum atomic E-state index is -0.232. The van der Waals surface area contributed by atoms with Gasteiger partial charge in [0.25, 0.3) is 0 Å². The van der Waals surface area contributed by atoms with Crippen LogP contribution in [0.5, 0.6) is 0 Å². The monoisotopic (exact) mass is 308 g/mol. The lowest BCUT2D eigenvalue weighted by molar-refractivity contribution is 0.0922. The third-order valence-electron chi connectivity index (χ3n) is 4.76. The Bertz CT molecular complexity index is 514. The van der Waals surface area contributed by atoms with Gasteiger partial charge in [-0.1, -0.05) is 23.7 Å². The molecule has 2 unspecified atom stereocenters. The van der Waals surface area contributed by atoms with Crippen LogP contribution >= 0.6 is 11.6 Å². The summed E-state index contributed by atoms with van der Waals surface area (Å²) in [5, 5.41) is 4.14. The molecule has 5 heteroatoms. The van der Waals surface area contributed by atoms with Crippen molar-refractivity contribution < 1.29 is 9.53 Å². The molecule has 21 heavy (non-hydrogen) atoms. The third-order valence-corrected chi connectivity index (χ3v) is 5.01. The molecule has 2 heterocycles. The van der Waals surface area contributed by atoms with Crippen molar-refractivity contribution >= 4 is 17.7 Å². The molecule has 1 aromatic carbocycles. The maximum absolute atomic E-state index is 12.2. The van der Waals surface area contributed by atoms with E-state index in [9.17, 15) is 4.79 Å². The van der Waals surface area contributed by atoms with E-state index in [1.165, 1.54) is 0 Å². The van der Waals surface area contributed by atoms with Crippen LogP contribution in [0.25, 0.3) is 0 Å². The molecule has 114 valence electrons. The van der Waals surface area contributed by atoms with E-state index in [2.05, 4.69) is 12.2 Å². The molecule has 2 aliphatic rings. The average Bonchev–Trinajstić information content (AvgIpc) is 2.80. The molecule has 4 nitrogen and oxygen atoms in total. The number of amides is 1. The number of nitrogens with one attached hydrogen (secondary N) is 1. The summed E-state index contributed by atoms with van der Waals surface area (Å²) < 4.78 is 5.36. The summed E-state index contributed by atoms with van der Waals surface area (Å²) in [6.07, 6.45) is 2.08. The van der Waals surface area contributed by atoms with E-state index in [1.807, 2.05) is 29.2 Å². The highest BCUT2D eigenvalue weighted by Gasteiger charge is 2.48. The highest BCUT2D eigenvalue weighted by molar-refractivity contribution is 6.30. The Morgan fingerprint density at radius 3 is 2.86 bits per heavy atom. The lowest BCUT2D eigenvalue weighted by atomic mass is 9.80. The number of cyclic esters (lactones) is 1. The predicted molar refractivity (Wildman–Crippen MR) is 82.3 cm³/mol. The standard InChI is InChI=1S/C16H21ClN2O2/c1-16(13-3-2-8-18-9-13)11-21-15(20)19(16)10-12-4-6-14(17)7-5-12/h4-7,13,18H,2-3,8-11H2,1H3. The Morgan fingerprint density at radius 2 is 2.19 bits per heavy atom. The number of hydrogen-bond donors (Lipinski definition) is 1. The summed E-state index contributed by atoms with van der Waals surface area (Å²) >= 11 is 5.92. The molecule has 2 saturated heterocycles. The average molecular weight is 309 g/mol. The number of halogens is 1. The Balaban J connectivity index is 1.79. The molecular weight excluding hydrogens is 288 g/mol. The van der Waals surface area contributed by atoms with Crippen LogP contribution in [0.4, 0.5) is 4.79 Å². The number of nitrogens with zero attached hydrogens (tertiary/aromatic N) is 1. The van der Waals surface area contributed by atoms with Gasteiger partial charge in [0, 0.05) is 18.1 Å². The van der Waals surface area contributed by atoms with Gasteiger partial charge < -0.3 is 10.1 Å². The van der Waals surface area contributed by atoms with E-state index < -0.39 is 0 Å². The van der Waals surface area contributed by atoms with Crippen molar-refractivity contribution in [2.75, 3.05) is 19.7 Å². The van der Waals surface area contributed by atoms with Gasteiger partial charge in [0.1, 0.15) is 6.61 Å². The number of benzene rings is 1. The van der Waals surface area contributed by atoms with Gasteiger partial charge in [0.2, 0.25) is 0 Å². The second-order valence-corrected chi connectivity index (χ2v) is 6.60. The summed E-state index contributed by atoms with van der Waals surface area (Å²) in [4.78, 5) is 14.0. The van der Waals surface area contributed by atoms with E-state index in [4.69, 9.17) is 16.3 Å². The molecule has 3 rings (SSSR count). The van der Waals surface area contributed by atoms with Crippen molar-refractivity contribution in [2.24, 2.45) is 5.92 Å². The maximum Gasteiger partial charge on any atom is 0.410 e. The van der Waals surface area contributed by atoms with Crippen LogP contribution in [0.1, 0.15) is 25.3 Å². The summed E-state index contributed by atoms with van der Waals surface area (Å²) in [5.74, 6) is 0.435. The molecule has 2 fully saturated rings. The summed E-state index contributed by atoms with van der Waals surface area (Å²) in [5.41, 5.74) is 0.845. The second-order valence-electron chi connectivity index (χ2n) is 6.17. The summed E-state index contributed by atoms with van der Waals surface area (Å²) in [7, 11) is 0. The Hall–Kier alpha value is -1.26. The van der Waals surface area contributed by atoms with Gasteiger partial charge in [0.15, 0.2) is 0 Å². The van der Waals surface area contributed by atoms with Gasteiger partial charge in [-0.15, -0.1) is 0 Å². The van der Waals surface area contributed by atoms with Crippen LogP contribution in [0.15, 0.2) is 24.3 Å². The van der Waals surface area contributed by atoms with Crippen LogP contribution in [-0.4, -0.2) is 36.2 Å². The zero-order chi connectivity index (χ0) is 14.9. The molecule has 0 saturated carbocycles. The lowest BCUT2D eigenvalue weighted by Gasteiger charge is -2.41. The fourth-order valence-electron chi connectivity index (χ4n) is 3.31. The minimum Gasteiger partial charge on any atom is -0.447 e. The minimum absolute atomic E-state index is 0.210. The van der Waals surface area contributed by atoms with Crippen LogP contribution < -0.4 is 5.32 Å². The van der Waals surface area contributed by atoms with E-state index >= 15 is 0 Å². The number of rotatable bonds is 3. The van der Waals surface area contributed by atoms with Crippen molar-refractivity contribution in [3.05, 3.63) is 34.9 Å². The molecule has 0 aliphatic carbocycles. The van der Waals surface area contributed by atoms with Crippen molar-refractivity contribution in [3.63, 3.8) is 0 Å². The van der Waals surface area contributed by atoms with Crippen LogP contribution in [0, 0.1) is 5.92 Å². The van der Waals surface area contributed by atoms with Gasteiger partial charge in [-0.05, 0) is 49.9 Å². The summed E-state index contributed by atoms with van der Waals surface area (Å²) in [6.45, 7) is 5.21. The number of ether oxygens (including phenoxy) is 1. The Morgan fingerprint density at radius 1 is 1.43 bits per heavy atom. The quantitative estimate of drug-likeness (QED) is 0.933. The number of piperidine rings is 1. The Kier molecular flexibility index (Phi) is 4.09. The topological polar surface area (TPSA) is 41.6 Å². The maximum atomic E-state index is 12.2. The van der Waals surface area contributed by atoms with Crippen molar-refractivity contribution in [1.82, 2.24) is 10.2 Å². The van der Waals surface area contributed by atoms with Crippen LogP contribution in [0.2, 0.25) is 5.02 Å².